The van der Waals surface area contributed by atoms with Crippen LogP contribution in [0, 0.1) is 0 Å². The van der Waals surface area contributed by atoms with Gasteiger partial charge in [0.1, 0.15) is 0 Å². The summed E-state index contributed by atoms with van der Waals surface area (Å²) < 4.78 is 0. The predicted molar refractivity (Wildman–Crippen MR) is 97.4 cm³/mol. The molecule has 3 aromatic rings. The van der Waals surface area contributed by atoms with Crippen molar-refractivity contribution in [1.29, 1.82) is 0 Å². The van der Waals surface area contributed by atoms with Crippen LogP contribution >= 0.6 is 0 Å². The first-order valence-corrected chi connectivity index (χ1v) is 8.75. The predicted octanol–water partition coefficient (Wildman–Crippen LogP) is 5.13. The van der Waals surface area contributed by atoms with E-state index >= 15 is 0 Å². The van der Waals surface area contributed by atoms with E-state index in [1.807, 2.05) is 0 Å². The lowest BCUT2D eigenvalue weighted by Crippen LogP contribution is -2.36. The average molecular weight is 299 g/mol. The van der Waals surface area contributed by atoms with Crippen LogP contribution in [0.5, 0.6) is 0 Å². The number of anilines is 1. The normalized spacial score (nSPS) is 19.7. The summed E-state index contributed by atoms with van der Waals surface area (Å²) in [5, 5.41) is 2.70. The Morgan fingerprint density at radius 1 is 0.826 bits per heavy atom. The van der Waals surface area contributed by atoms with Gasteiger partial charge in [0, 0.05) is 24.7 Å². The van der Waals surface area contributed by atoms with Crippen LogP contribution in [0.1, 0.15) is 35.4 Å². The summed E-state index contributed by atoms with van der Waals surface area (Å²) in [6.45, 7) is 2.43. The minimum absolute atomic E-state index is 0.545. The van der Waals surface area contributed by atoms with Crippen molar-refractivity contribution in [1.82, 2.24) is 0 Å². The van der Waals surface area contributed by atoms with E-state index in [2.05, 4.69) is 65.6 Å². The maximum atomic E-state index is 2.62. The lowest BCUT2D eigenvalue weighted by atomic mass is 9.81. The van der Waals surface area contributed by atoms with Gasteiger partial charge in [0.15, 0.2) is 0 Å². The van der Waals surface area contributed by atoms with E-state index in [-0.39, 0.29) is 0 Å². The van der Waals surface area contributed by atoms with Gasteiger partial charge in [0.05, 0.1) is 0 Å². The summed E-state index contributed by atoms with van der Waals surface area (Å²) in [5.74, 6) is 0.545. The summed E-state index contributed by atoms with van der Waals surface area (Å²) in [5.41, 5.74) is 6.12. The van der Waals surface area contributed by atoms with Crippen LogP contribution < -0.4 is 4.90 Å². The molecular formula is C22H21N. The Hall–Kier alpha value is -2.28. The van der Waals surface area contributed by atoms with E-state index in [1.54, 1.807) is 16.8 Å². The Morgan fingerprint density at radius 3 is 2.70 bits per heavy atom. The molecule has 0 spiro atoms. The highest BCUT2D eigenvalue weighted by molar-refractivity contribution is 5.83. The Kier molecular flexibility index (Phi) is 2.94. The number of rotatable bonds is 1. The molecule has 5 rings (SSSR count). The Morgan fingerprint density at radius 2 is 1.74 bits per heavy atom. The number of aryl methyl sites for hydroxylation is 1. The van der Waals surface area contributed by atoms with Crippen LogP contribution in [0.15, 0.2) is 60.7 Å². The molecule has 0 saturated carbocycles. The molecule has 2 aliphatic rings. The Balaban J connectivity index is 1.65. The monoisotopic (exact) mass is 299 g/mol. The number of hydrogen-bond donors (Lipinski definition) is 0. The molecule has 0 amide bonds. The molecule has 0 fully saturated rings. The second kappa shape index (κ2) is 5.13. The molecule has 114 valence electrons. The van der Waals surface area contributed by atoms with Crippen LogP contribution in [0.3, 0.4) is 0 Å². The first-order valence-electron chi connectivity index (χ1n) is 8.75. The van der Waals surface area contributed by atoms with Gasteiger partial charge in [-0.15, -0.1) is 0 Å². The van der Waals surface area contributed by atoms with Crippen molar-refractivity contribution in [3.8, 4) is 0 Å². The molecule has 23 heavy (non-hydrogen) atoms. The van der Waals surface area contributed by atoms with Crippen molar-refractivity contribution in [2.75, 3.05) is 18.0 Å². The van der Waals surface area contributed by atoms with E-state index in [0.717, 1.165) is 0 Å². The fourth-order valence-electron chi connectivity index (χ4n) is 4.49. The lowest BCUT2D eigenvalue weighted by molar-refractivity contribution is 0.597. The number of hydrogen-bond acceptors (Lipinski definition) is 1. The minimum atomic E-state index is 0.545. The van der Waals surface area contributed by atoms with Crippen molar-refractivity contribution < 1.29 is 0 Å². The van der Waals surface area contributed by atoms with Gasteiger partial charge >= 0.3 is 0 Å². The van der Waals surface area contributed by atoms with E-state index in [1.165, 1.54) is 48.7 Å². The smallest absolute Gasteiger partial charge is 0.0437 e. The van der Waals surface area contributed by atoms with Crippen molar-refractivity contribution in [3.63, 3.8) is 0 Å². The summed E-state index contributed by atoms with van der Waals surface area (Å²) in [7, 11) is 0. The molecule has 1 nitrogen and oxygen atoms in total. The van der Waals surface area contributed by atoms with Crippen molar-refractivity contribution in [2.45, 2.75) is 25.2 Å². The number of para-hydroxylation sites is 1. The van der Waals surface area contributed by atoms with Crippen molar-refractivity contribution in [2.24, 2.45) is 0 Å². The molecule has 1 unspecified atom stereocenters. The zero-order valence-corrected chi connectivity index (χ0v) is 13.3. The zero-order chi connectivity index (χ0) is 15.2. The van der Waals surface area contributed by atoms with Gasteiger partial charge in [0.2, 0.25) is 0 Å². The second-order valence-corrected chi connectivity index (χ2v) is 6.89. The van der Waals surface area contributed by atoms with Crippen LogP contribution in [0.4, 0.5) is 5.69 Å². The highest BCUT2D eigenvalue weighted by Crippen LogP contribution is 2.43. The van der Waals surface area contributed by atoms with Crippen LogP contribution in [0.2, 0.25) is 0 Å². The Labute approximate surface area is 137 Å². The summed E-state index contributed by atoms with van der Waals surface area (Å²) in [6, 6.07) is 22.7. The molecule has 0 radical (unpaired) electrons. The largest absolute Gasteiger partial charge is 0.371 e. The SMILES string of the molecule is c1cc2c3c(c1)C(c1ccc4ccccc4c1)CCN3CCC2. The van der Waals surface area contributed by atoms with E-state index < -0.39 is 0 Å². The maximum absolute atomic E-state index is 2.62. The number of benzene rings is 3. The molecule has 3 aromatic carbocycles. The first kappa shape index (κ1) is 13.2. The van der Waals surface area contributed by atoms with Gasteiger partial charge in [-0.25, -0.2) is 0 Å². The van der Waals surface area contributed by atoms with Gasteiger partial charge in [-0.05, 0) is 46.7 Å². The molecule has 0 bridgehead atoms. The highest BCUT2D eigenvalue weighted by atomic mass is 15.1. The van der Waals surface area contributed by atoms with Gasteiger partial charge in [0.25, 0.3) is 0 Å². The van der Waals surface area contributed by atoms with Gasteiger partial charge < -0.3 is 4.90 Å². The number of fused-ring (bicyclic) bond motifs is 1. The zero-order valence-electron chi connectivity index (χ0n) is 13.3. The van der Waals surface area contributed by atoms with Gasteiger partial charge in [-0.2, -0.15) is 0 Å². The summed E-state index contributed by atoms with van der Waals surface area (Å²) in [6.07, 6.45) is 3.77. The molecule has 0 N–H and O–H groups in total. The van der Waals surface area contributed by atoms with Gasteiger partial charge in [-0.3, -0.25) is 0 Å². The quantitative estimate of drug-likeness (QED) is 0.602. The second-order valence-electron chi connectivity index (χ2n) is 6.89. The Bertz CT molecular complexity index is 880. The lowest BCUT2D eigenvalue weighted by Gasteiger charge is -2.40. The van der Waals surface area contributed by atoms with Crippen molar-refractivity contribution in [3.05, 3.63) is 77.4 Å². The third kappa shape index (κ3) is 2.07. The summed E-state index contributed by atoms with van der Waals surface area (Å²) in [4.78, 5) is 2.62. The van der Waals surface area contributed by atoms with Crippen LogP contribution in [0.25, 0.3) is 10.8 Å². The van der Waals surface area contributed by atoms with E-state index in [0.29, 0.717) is 5.92 Å². The minimum Gasteiger partial charge on any atom is -0.371 e. The van der Waals surface area contributed by atoms with E-state index in [4.69, 9.17) is 0 Å². The third-order valence-corrected chi connectivity index (χ3v) is 5.58. The van der Waals surface area contributed by atoms with Gasteiger partial charge in [-0.1, -0.05) is 60.7 Å². The fourth-order valence-corrected chi connectivity index (χ4v) is 4.49. The van der Waals surface area contributed by atoms with Crippen LogP contribution in [-0.2, 0) is 6.42 Å². The first-order chi connectivity index (χ1) is 11.4. The molecular weight excluding hydrogens is 278 g/mol. The summed E-state index contributed by atoms with van der Waals surface area (Å²) >= 11 is 0. The molecule has 2 heterocycles. The van der Waals surface area contributed by atoms with Crippen LogP contribution in [-0.4, -0.2) is 13.1 Å². The molecule has 0 aromatic heterocycles. The highest BCUT2D eigenvalue weighted by Gasteiger charge is 2.29. The molecule has 0 aliphatic carbocycles. The third-order valence-electron chi connectivity index (χ3n) is 5.58. The molecule has 0 saturated heterocycles. The molecule has 1 heteroatoms. The topological polar surface area (TPSA) is 3.24 Å². The maximum Gasteiger partial charge on any atom is 0.0437 e. The average Bonchev–Trinajstić information content (AvgIpc) is 2.62. The number of nitrogens with zero attached hydrogens (tertiary/aromatic N) is 1. The van der Waals surface area contributed by atoms with E-state index in [9.17, 15) is 0 Å². The standard InChI is InChI=1S/C22H21N/c1-2-6-18-15-19(11-10-16(18)5-1)20-12-14-23-13-4-8-17-7-3-9-21(20)22(17)23/h1-3,5-7,9-11,15,20H,4,8,12-14H2. The molecule has 1 atom stereocenters. The molecule has 2 aliphatic heterocycles. The van der Waals surface area contributed by atoms with Crippen molar-refractivity contribution >= 4 is 16.5 Å². The fraction of sp³-hybridized carbons (Fsp3) is 0.273.